The fraction of sp³-hybridized carbons (Fsp3) is 0.213. The van der Waals surface area contributed by atoms with E-state index < -0.39 is 0 Å². The lowest BCUT2D eigenvalue weighted by molar-refractivity contribution is 0.590. The summed E-state index contributed by atoms with van der Waals surface area (Å²) in [5.74, 6) is 0. The van der Waals surface area contributed by atoms with Crippen LogP contribution in [-0.4, -0.2) is 6.71 Å². The predicted molar refractivity (Wildman–Crippen MR) is 280 cm³/mol. The van der Waals surface area contributed by atoms with Crippen molar-refractivity contribution in [3.05, 3.63) is 203 Å². The minimum atomic E-state index is -0.0910. The quantitative estimate of drug-likeness (QED) is 0.160. The van der Waals surface area contributed by atoms with Crippen molar-refractivity contribution in [3.63, 3.8) is 0 Å². The van der Waals surface area contributed by atoms with Gasteiger partial charge < -0.3 is 14.7 Å². The lowest BCUT2D eigenvalue weighted by atomic mass is 9.33. The molecule has 0 saturated carbocycles. The Kier molecular flexibility index (Phi) is 9.22. The molecule has 3 aliphatic rings. The van der Waals surface area contributed by atoms with Crippen LogP contribution in [0.3, 0.4) is 0 Å². The van der Waals surface area contributed by atoms with Gasteiger partial charge in [0.05, 0.1) is 0 Å². The zero-order valence-electron chi connectivity index (χ0n) is 39.6. The summed E-state index contributed by atoms with van der Waals surface area (Å²) in [6, 6.07) is 64.6. The van der Waals surface area contributed by atoms with Gasteiger partial charge in [0.2, 0.25) is 0 Å². The summed E-state index contributed by atoms with van der Waals surface area (Å²) >= 11 is 0. The van der Waals surface area contributed by atoms with E-state index in [4.69, 9.17) is 0 Å². The van der Waals surface area contributed by atoms with E-state index in [0.29, 0.717) is 0 Å². The number of anilines is 9. The van der Waals surface area contributed by atoms with E-state index in [-0.39, 0.29) is 23.0 Å². The van der Waals surface area contributed by atoms with Gasteiger partial charge in [-0.3, -0.25) is 0 Å². The molecule has 8 aromatic carbocycles. The number of rotatable bonds is 5. The third-order valence-corrected chi connectivity index (χ3v) is 14.5. The van der Waals surface area contributed by atoms with Crippen molar-refractivity contribution >= 4 is 74.3 Å². The average Bonchev–Trinajstić information content (AvgIpc) is 3.51. The Morgan fingerprint density at radius 1 is 0.462 bits per heavy atom. The van der Waals surface area contributed by atoms with Gasteiger partial charge in [-0.1, -0.05) is 152 Å². The molecule has 0 saturated heterocycles. The number of hydrogen-bond acceptors (Lipinski definition) is 3. The molecule has 0 amide bonds. The fourth-order valence-electron chi connectivity index (χ4n) is 11.1. The third-order valence-electron chi connectivity index (χ3n) is 14.5. The summed E-state index contributed by atoms with van der Waals surface area (Å²) in [6.45, 7) is 23.1. The number of benzene rings is 8. The zero-order chi connectivity index (χ0) is 45.2. The maximum absolute atomic E-state index is 2.59. The summed E-state index contributed by atoms with van der Waals surface area (Å²) in [6.07, 6.45) is 0. The monoisotopic (exact) mass is 843 g/mol. The highest BCUT2D eigenvalue weighted by molar-refractivity contribution is 7.00. The molecule has 0 radical (unpaired) electrons. The molecule has 0 spiro atoms. The van der Waals surface area contributed by atoms with Gasteiger partial charge in [-0.05, 0) is 158 Å². The second-order valence-electron chi connectivity index (χ2n) is 21.2. The van der Waals surface area contributed by atoms with Crippen LogP contribution in [0.25, 0.3) is 11.1 Å². The topological polar surface area (TPSA) is 9.72 Å². The highest BCUT2D eigenvalue weighted by Crippen LogP contribution is 2.52. The van der Waals surface area contributed by atoms with Gasteiger partial charge in [0, 0.05) is 56.6 Å². The maximum atomic E-state index is 2.59. The standard InChI is InChI=1S/C61H58BN3/c1-39-34-56-58-57(35-39)65(45-29-31-50-48(37-45)47-21-15-16-22-49(47)61(50,9)10)55-38-46(63(43-19-12-11-13-20-43)53-23-17-14-18-40(53)2)30-32-51(55)62(58)52-36-42(60(6,7)8)26-33-54(52)64(56)44-27-24-41(25-28-44)59(3,4)5/h11-38H,1-10H3. The van der Waals surface area contributed by atoms with Crippen LogP contribution < -0.4 is 31.1 Å². The largest absolute Gasteiger partial charge is 0.311 e. The van der Waals surface area contributed by atoms with Crippen LogP contribution in [0.2, 0.25) is 0 Å². The van der Waals surface area contributed by atoms with Crippen LogP contribution in [-0.2, 0) is 16.2 Å². The molecule has 2 aliphatic heterocycles. The van der Waals surface area contributed by atoms with E-state index in [1.807, 2.05) is 0 Å². The number of hydrogen-bond donors (Lipinski definition) is 0. The minimum absolute atomic E-state index is 0.000946. The normalized spacial score (nSPS) is 14.3. The third kappa shape index (κ3) is 6.47. The molecule has 0 aromatic heterocycles. The number of para-hydroxylation sites is 2. The molecule has 65 heavy (non-hydrogen) atoms. The van der Waals surface area contributed by atoms with E-state index in [2.05, 4.69) is 254 Å². The van der Waals surface area contributed by atoms with Crippen LogP contribution >= 0.6 is 0 Å². The van der Waals surface area contributed by atoms with Gasteiger partial charge in [-0.2, -0.15) is 0 Å². The van der Waals surface area contributed by atoms with Crippen molar-refractivity contribution in [2.45, 2.75) is 85.5 Å². The molecule has 0 fully saturated rings. The first kappa shape index (κ1) is 41.0. The van der Waals surface area contributed by atoms with Gasteiger partial charge in [0.15, 0.2) is 0 Å². The van der Waals surface area contributed by atoms with Crippen LogP contribution in [0, 0.1) is 13.8 Å². The summed E-state index contributed by atoms with van der Waals surface area (Å²) in [5, 5.41) is 0. The molecule has 0 atom stereocenters. The highest BCUT2D eigenvalue weighted by Gasteiger charge is 2.45. The van der Waals surface area contributed by atoms with Crippen molar-refractivity contribution in [1.29, 1.82) is 0 Å². The highest BCUT2D eigenvalue weighted by atomic mass is 15.2. The van der Waals surface area contributed by atoms with Gasteiger partial charge in [-0.15, -0.1) is 0 Å². The van der Waals surface area contributed by atoms with Crippen LogP contribution in [0.5, 0.6) is 0 Å². The van der Waals surface area contributed by atoms with Crippen molar-refractivity contribution in [2.75, 3.05) is 14.7 Å². The Morgan fingerprint density at radius 3 is 1.78 bits per heavy atom. The van der Waals surface area contributed by atoms with E-state index in [9.17, 15) is 0 Å². The number of fused-ring (bicyclic) bond motifs is 7. The molecule has 0 bridgehead atoms. The van der Waals surface area contributed by atoms with Crippen molar-refractivity contribution < 1.29 is 0 Å². The van der Waals surface area contributed by atoms with Gasteiger partial charge in [0.25, 0.3) is 6.71 Å². The Bertz CT molecular complexity index is 3180. The maximum Gasteiger partial charge on any atom is 0.252 e. The summed E-state index contributed by atoms with van der Waals surface area (Å²) < 4.78 is 0. The first-order valence-electron chi connectivity index (χ1n) is 23.4. The predicted octanol–water partition coefficient (Wildman–Crippen LogP) is 14.8. The minimum Gasteiger partial charge on any atom is -0.311 e. The molecule has 4 heteroatoms. The molecule has 3 nitrogen and oxygen atoms in total. The fourth-order valence-corrected chi connectivity index (χ4v) is 11.1. The van der Waals surface area contributed by atoms with E-state index >= 15 is 0 Å². The van der Waals surface area contributed by atoms with Crippen LogP contribution in [0.1, 0.15) is 88.8 Å². The lowest BCUT2D eigenvalue weighted by Crippen LogP contribution is -2.61. The summed E-state index contributed by atoms with van der Waals surface area (Å²) in [5.41, 5.74) is 25.1. The zero-order valence-corrected chi connectivity index (χ0v) is 39.6. The molecular formula is C61H58BN3. The smallest absolute Gasteiger partial charge is 0.252 e. The van der Waals surface area contributed by atoms with E-state index in [1.165, 1.54) is 101 Å². The molecular weight excluding hydrogens is 786 g/mol. The molecule has 0 unspecified atom stereocenters. The molecule has 0 N–H and O–H groups in total. The van der Waals surface area contributed by atoms with E-state index in [1.54, 1.807) is 0 Å². The van der Waals surface area contributed by atoms with Crippen LogP contribution in [0.4, 0.5) is 51.2 Å². The van der Waals surface area contributed by atoms with Crippen molar-refractivity contribution in [1.82, 2.24) is 0 Å². The van der Waals surface area contributed by atoms with Crippen LogP contribution in [0.15, 0.2) is 170 Å². The van der Waals surface area contributed by atoms with Gasteiger partial charge in [0.1, 0.15) is 0 Å². The Hall–Kier alpha value is -6.78. The molecule has 320 valence electrons. The van der Waals surface area contributed by atoms with Crippen molar-refractivity contribution in [2.24, 2.45) is 0 Å². The second kappa shape index (κ2) is 14.6. The first-order valence-corrected chi connectivity index (χ1v) is 23.4. The van der Waals surface area contributed by atoms with Gasteiger partial charge in [-0.25, -0.2) is 0 Å². The average molecular weight is 844 g/mol. The second-order valence-corrected chi connectivity index (χ2v) is 21.2. The molecule has 8 aromatic rings. The van der Waals surface area contributed by atoms with Crippen molar-refractivity contribution in [3.8, 4) is 11.1 Å². The number of aryl methyl sites for hydroxylation is 2. The molecule has 1 aliphatic carbocycles. The number of nitrogens with zero attached hydrogens (tertiary/aromatic N) is 3. The Morgan fingerprint density at radius 2 is 1.08 bits per heavy atom. The Labute approximate surface area is 387 Å². The van der Waals surface area contributed by atoms with Gasteiger partial charge >= 0.3 is 0 Å². The van der Waals surface area contributed by atoms with E-state index in [0.717, 1.165) is 11.4 Å². The SMILES string of the molecule is Cc1cc2c3c(c1)N(c1ccc4c(c1)-c1ccccc1C4(C)C)c1cc(N(c4ccccc4)c4ccccc4C)ccc1B3c1cc(C(C)(C)C)ccc1N2c1ccc(C(C)(C)C)cc1. The summed E-state index contributed by atoms with van der Waals surface area (Å²) in [4.78, 5) is 7.57. The lowest BCUT2D eigenvalue weighted by Gasteiger charge is -2.45. The molecule has 11 rings (SSSR count). The Balaban J connectivity index is 1.22. The summed E-state index contributed by atoms with van der Waals surface area (Å²) in [7, 11) is 0. The molecule has 2 heterocycles. The first-order chi connectivity index (χ1) is 31.1.